The molecular formula is C11H10FN5. The highest BCUT2D eigenvalue weighted by Gasteiger charge is 2.13. The molecule has 6 heteroatoms. The van der Waals surface area contributed by atoms with E-state index in [2.05, 4.69) is 10.1 Å². The Morgan fingerprint density at radius 3 is 2.88 bits per heavy atom. The summed E-state index contributed by atoms with van der Waals surface area (Å²) in [6.45, 7) is 0. The Morgan fingerprint density at radius 2 is 2.18 bits per heavy atom. The highest BCUT2D eigenvalue weighted by atomic mass is 19.1. The van der Waals surface area contributed by atoms with Crippen LogP contribution in [-0.4, -0.2) is 19.3 Å². The molecule has 2 aromatic heterocycles. The van der Waals surface area contributed by atoms with Gasteiger partial charge in [-0.05, 0) is 12.1 Å². The van der Waals surface area contributed by atoms with Crippen molar-refractivity contribution in [3.05, 3.63) is 36.4 Å². The Bertz CT molecular complexity index is 697. The van der Waals surface area contributed by atoms with Gasteiger partial charge in [0.1, 0.15) is 5.52 Å². The molecule has 0 spiro atoms. The highest BCUT2D eigenvalue weighted by Crippen LogP contribution is 2.24. The van der Waals surface area contributed by atoms with Crippen LogP contribution < -0.4 is 5.73 Å². The zero-order chi connectivity index (χ0) is 12.0. The molecule has 86 valence electrons. The van der Waals surface area contributed by atoms with Crippen molar-refractivity contribution in [1.29, 1.82) is 0 Å². The normalized spacial score (nSPS) is 11.2. The van der Waals surface area contributed by atoms with Gasteiger partial charge in [0, 0.05) is 13.2 Å². The van der Waals surface area contributed by atoms with Crippen LogP contribution in [0.3, 0.4) is 0 Å². The van der Waals surface area contributed by atoms with E-state index >= 15 is 0 Å². The molecule has 0 atom stereocenters. The van der Waals surface area contributed by atoms with E-state index in [1.54, 1.807) is 40.8 Å². The summed E-state index contributed by atoms with van der Waals surface area (Å²) in [6.07, 6.45) is 3.45. The number of anilines is 1. The molecule has 0 saturated carbocycles. The van der Waals surface area contributed by atoms with Crippen LogP contribution in [0.2, 0.25) is 0 Å². The first-order valence-corrected chi connectivity index (χ1v) is 5.08. The lowest BCUT2D eigenvalue weighted by Gasteiger charge is -2.01. The Morgan fingerprint density at radius 1 is 1.35 bits per heavy atom. The number of rotatable bonds is 1. The average molecular weight is 231 g/mol. The van der Waals surface area contributed by atoms with E-state index in [-0.39, 0.29) is 17.3 Å². The second-order valence-electron chi connectivity index (χ2n) is 3.79. The molecular weight excluding hydrogens is 221 g/mol. The molecule has 0 aliphatic heterocycles. The quantitative estimate of drug-likeness (QED) is 0.690. The summed E-state index contributed by atoms with van der Waals surface area (Å²) in [5, 5.41) is 4.06. The monoisotopic (exact) mass is 231 g/mol. The summed E-state index contributed by atoms with van der Waals surface area (Å²) in [5.41, 5.74) is 7.48. The van der Waals surface area contributed by atoms with Gasteiger partial charge in [-0.1, -0.05) is 6.07 Å². The van der Waals surface area contributed by atoms with E-state index in [4.69, 9.17) is 5.73 Å². The third-order valence-electron chi connectivity index (χ3n) is 2.61. The Balaban J connectivity index is 2.36. The minimum Gasteiger partial charge on any atom is -0.369 e. The van der Waals surface area contributed by atoms with Gasteiger partial charge >= 0.3 is 0 Å². The van der Waals surface area contributed by atoms with Crippen LogP contribution in [0, 0.1) is 5.82 Å². The highest BCUT2D eigenvalue weighted by molar-refractivity contribution is 5.81. The van der Waals surface area contributed by atoms with Crippen molar-refractivity contribution in [3.63, 3.8) is 0 Å². The van der Waals surface area contributed by atoms with Crippen LogP contribution >= 0.6 is 0 Å². The van der Waals surface area contributed by atoms with Crippen LogP contribution in [0.5, 0.6) is 0 Å². The van der Waals surface area contributed by atoms with Crippen LogP contribution in [0.4, 0.5) is 10.3 Å². The molecule has 0 amide bonds. The van der Waals surface area contributed by atoms with Gasteiger partial charge in [-0.25, -0.2) is 9.37 Å². The topological polar surface area (TPSA) is 61.7 Å². The van der Waals surface area contributed by atoms with Crippen LogP contribution in [0.25, 0.3) is 16.7 Å². The number of aromatic nitrogens is 4. The van der Waals surface area contributed by atoms with E-state index in [1.807, 2.05) is 0 Å². The number of fused-ring (bicyclic) bond motifs is 1. The smallest absolute Gasteiger partial charge is 0.206 e. The number of imidazole rings is 1. The molecule has 3 rings (SSSR count). The molecule has 0 saturated heterocycles. The summed E-state index contributed by atoms with van der Waals surface area (Å²) in [6, 6.07) is 4.77. The lowest BCUT2D eigenvalue weighted by Crippen LogP contribution is -1.99. The fraction of sp³-hybridized carbons (Fsp3) is 0.0909. The first-order chi connectivity index (χ1) is 8.16. The van der Waals surface area contributed by atoms with Crippen molar-refractivity contribution in [1.82, 2.24) is 19.3 Å². The average Bonchev–Trinajstić information content (AvgIpc) is 2.82. The molecule has 0 aliphatic rings. The third-order valence-corrected chi connectivity index (χ3v) is 2.61. The number of benzene rings is 1. The Labute approximate surface area is 96.3 Å². The predicted molar refractivity (Wildman–Crippen MR) is 62.2 cm³/mol. The van der Waals surface area contributed by atoms with Crippen LogP contribution in [0.1, 0.15) is 0 Å². The molecule has 1 aromatic carbocycles. The number of halogens is 1. The van der Waals surface area contributed by atoms with E-state index in [0.717, 1.165) is 5.69 Å². The van der Waals surface area contributed by atoms with Crippen LogP contribution in [-0.2, 0) is 7.05 Å². The van der Waals surface area contributed by atoms with Gasteiger partial charge in [0.15, 0.2) is 5.82 Å². The summed E-state index contributed by atoms with van der Waals surface area (Å²) in [5.74, 6) is -0.130. The molecule has 0 unspecified atom stereocenters. The third kappa shape index (κ3) is 1.37. The summed E-state index contributed by atoms with van der Waals surface area (Å²) >= 11 is 0. The van der Waals surface area contributed by atoms with Crippen molar-refractivity contribution in [2.75, 3.05) is 5.73 Å². The van der Waals surface area contributed by atoms with Gasteiger partial charge in [-0.2, -0.15) is 5.10 Å². The number of hydrogen-bond acceptors (Lipinski definition) is 3. The molecule has 3 aromatic rings. The number of nitrogen functional groups attached to an aromatic ring is 1. The number of para-hydroxylation sites is 1. The van der Waals surface area contributed by atoms with Gasteiger partial charge in [0.25, 0.3) is 0 Å². The number of nitrogens with two attached hydrogens (primary N) is 1. The fourth-order valence-electron chi connectivity index (χ4n) is 1.88. The zero-order valence-corrected chi connectivity index (χ0v) is 9.13. The molecule has 5 nitrogen and oxygen atoms in total. The number of hydrogen-bond donors (Lipinski definition) is 1. The predicted octanol–water partition coefficient (Wildman–Crippen LogP) is 1.48. The van der Waals surface area contributed by atoms with Crippen molar-refractivity contribution in [2.24, 2.45) is 7.05 Å². The van der Waals surface area contributed by atoms with Gasteiger partial charge in [0.2, 0.25) is 5.95 Å². The summed E-state index contributed by atoms with van der Waals surface area (Å²) < 4.78 is 16.9. The molecule has 0 bridgehead atoms. The minimum atomic E-state index is -0.378. The van der Waals surface area contributed by atoms with E-state index in [0.29, 0.717) is 5.52 Å². The lowest BCUT2D eigenvalue weighted by molar-refractivity contribution is 0.637. The van der Waals surface area contributed by atoms with E-state index < -0.39 is 0 Å². The lowest BCUT2D eigenvalue weighted by atomic mass is 10.3. The first kappa shape index (κ1) is 9.83. The van der Waals surface area contributed by atoms with Gasteiger partial charge in [0.05, 0.1) is 17.4 Å². The molecule has 0 aliphatic carbocycles. The van der Waals surface area contributed by atoms with Gasteiger partial charge in [-0.15, -0.1) is 0 Å². The molecule has 2 heterocycles. The number of aryl methyl sites for hydroxylation is 1. The van der Waals surface area contributed by atoms with Crippen molar-refractivity contribution >= 4 is 17.0 Å². The van der Waals surface area contributed by atoms with Crippen molar-refractivity contribution < 1.29 is 4.39 Å². The second-order valence-corrected chi connectivity index (χ2v) is 3.79. The van der Waals surface area contributed by atoms with Gasteiger partial charge < -0.3 is 5.73 Å². The van der Waals surface area contributed by atoms with Crippen molar-refractivity contribution in [2.45, 2.75) is 0 Å². The summed E-state index contributed by atoms with van der Waals surface area (Å²) in [7, 11) is 1.80. The zero-order valence-electron chi connectivity index (χ0n) is 9.13. The number of nitrogens with zero attached hydrogens (tertiary/aromatic N) is 4. The Hall–Kier alpha value is -2.37. The largest absolute Gasteiger partial charge is 0.369 e. The molecule has 2 N–H and O–H groups in total. The minimum absolute atomic E-state index is 0.248. The van der Waals surface area contributed by atoms with Crippen molar-refractivity contribution in [3.8, 4) is 5.69 Å². The van der Waals surface area contributed by atoms with Gasteiger partial charge in [-0.3, -0.25) is 9.25 Å². The maximum Gasteiger partial charge on any atom is 0.206 e. The first-order valence-electron chi connectivity index (χ1n) is 5.08. The van der Waals surface area contributed by atoms with Crippen LogP contribution in [0.15, 0.2) is 30.6 Å². The maximum absolute atomic E-state index is 13.5. The second kappa shape index (κ2) is 3.31. The summed E-state index contributed by atoms with van der Waals surface area (Å²) in [4.78, 5) is 4.03. The maximum atomic E-state index is 13.5. The molecule has 17 heavy (non-hydrogen) atoms. The van der Waals surface area contributed by atoms with E-state index in [9.17, 15) is 4.39 Å². The van der Waals surface area contributed by atoms with E-state index in [1.165, 1.54) is 6.07 Å². The SMILES string of the molecule is Cn1cc(-n2c(N)nc3c(F)cccc32)cn1. The standard InChI is InChI=1S/C11H10FN5/c1-16-6-7(5-14-16)17-9-4-2-3-8(12)10(9)15-11(17)13/h2-6H,1H3,(H2,13,15). The fourth-order valence-corrected chi connectivity index (χ4v) is 1.88. The Kier molecular flexibility index (Phi) is 1.91. The molecule has 0 fully saturated rings. The molecule has 0 radical (unpaired) electrons.